The molecule has 5 heteroatoms. The topological polar surface area (TPSA) is 55.4 Å². The summed E-state index contributed by atoms with van der Waals surface area (Å²) in [6.07, 6.45) is 1.92. The second-order valence-electron chi connectivity index (χ2n) is 4.23. The number of hydrogen-bond donors (Lipinski definition) is 1. The van der Waals surface area contributed by atoms with Crippen LogP contribution >= 0.6 is 11.6 Å². The highest BCUT2D eigenvalue weighted by molar-refractivity contribution is 6.17. The van der Waals surface area contributed by atoms with Crippen molar-refractivity contribution in [3.63, 3.8) is 0 Å². The Kier molecular flexibility index (Phi) is 6.36. The summed E-state index contributed by atoms with van der Waals surface area (Å²) in [5.74, 6) is -0.0375. The van der Waals surface area contributed by atoms with Gasteiger partial charge in [0.2, 0.25) is 5.91 Å². The average Bonchev–Trinajstić information content (AvgIpc) is 2.40. The summed E-state index contributed by atoms with van der Waals surface area (Å²) in [4.78, 5) is 23.4. The third-order valence-corrected chi connectivity index (χ3v) is 2.91. The van der Waals surface area contributed by atoms with E-state index in [4.69, 9.17) is 16.3 Å². The molecule has 1 aromatic rings. The molecule has 0 fully saturated rings. The number of unbranched alkanes of at least 4 members (excludes halogenated alkanes) is 1. The number of benzene rings is 1. The van der Waals surface area contributed by atoms with E-state index in [1.54, 1.807) is 12.1 Å². The van der Waals surface area contributed by atoms with Crippen molar-refractivity contribution >= 4 is 29.2 Å². The van der Waals surface area contributed by atoms with Crippen LogP contribution in [0, 0.1) is 6.92 Å². The second-order valence-corrected chi connectivity index (χ2v) is 4.61. The number of rotatable bonds is 6. The summed E-state index contributed by atoms with van der Waals surface area (Å²) in [7, 11) is 1.32. The Morgan fingerprint density at radius 2 is 2.05 bits per heavy atom. The van der Waals surface area contributed by atoms with Gasteiger partial charge in [0.15, 0.2) is 0 Å². The maximum absolute atomic E-state index is 11.7. The average molecular weight is 284 g/mol. The molecule has 0 aliphatic carbocycles. The van der Waals surface area contributed by atoms with E-state index in [2.05, 4.69) is 5.32 Å². The number of halogens is 1. The van der Waals surface area contributed by atoms with E-state index in [1.807, 2.05) is 13.0 Å². The normalized spacial score (nSPS) is 10.1. The molecular weight excluding hydrogens is 266 g/mol. The quantitative estimate of drug-likeness (QED) is 0.496. The Morgan fingerprint density at radius 1 is 1.32 bits per heavy atom. The zero-order valence-corrected chi connectivity index (χ0v) is 11.9. The van der Waals surface area contributed by atoms with Crippen LogP contribution in [-0.4, -0.2) is 24.9 Å². The standard InChI is InChI=1S/C14H18ClNO3/c1-10-6-7-12(11(9-10)14(18)19-2)16-13(17)5-3-4-8-15/h6-7,9H,3-5,8H2,1-2H3,(H,16,17). The molecule has 1 rings (SSSR count). The van der Waals surface area contributed by atoms with Gasteiger partial charge in [-0.15, -0.1) is 11.6 Å². The van der Waals surface area contributed by atoms with Crippen LogP contribution in [0.3, 0.4) is 0 Å². The van der Waals surface area contributed by atoms with Crippen molar-refractivity contribution in [2.75, 3.05) is 18.3 Å². The van der Waals surface area contributed by atoms with Crippen LogP contribution in [0.2, 0.25) is 0 Å². The molecule has 0 aliphatic heterocycles. The summed E-state index contributed by atoms with van der Waals surface area (Å²) >= 11 is 5.56. The van der Waals surface area contributed by atoms with Gasteiger partial charge >= 0.3 is 5.97 Å². The summed E-state index contributed by atoms with van der Waals surface area (Å²) < 4.78 is 4.70. The zero-order chi connectivity index (χ0) is 14.3. The van der Waals surface area contributed by atoms with Gasteiger partial charge in [-0.1, -0.05) is 11.6 Å². The highest BCUT2D eigenvalue weighted by Crippen LogP contribution is 2.19. The van der Waals surface area contributed by atoms with Crippen LogP contribution in [0.15, 0.2) is 18.2 Å². The van der Waals surface area contributed by atoms with E-state index in [-0.39, 0.29) is 5.91 Å². The number of nitrogens with one attached hydrogen (secondary N) is 1. The Labute approximate surface area is 118 Å². The number of hydrogen-bond acceptors (Lipinski definition) is 3. The summed E-state index contributed by atoms with van der Waals surface area (Å²) in [5, 5.41) is 2.73. The van der Waals surface area contributed by atoms with Gasteiger partial charge in [0.05, 0.1) is 18.4 Å². The van der Waals surface area contributed by atoms with Crippen molar-refractivity contribution in [2.24, 2.45) is 0 Å². The molecule has 0 unspecified atom stereocenters. The summed E-state index contributed by atoms with van der Waals surface area (Å²) in [6.45, 7) is 1.87. The number of carbonyl (C=O) groups is 2. The van der Waals surface area contributed by atoms with Crippen LogP contribution in [0.4, 0.5) is 5.69 Å². The molecule has 0 saturated carbocycles. The molecule has 0 spiro atoms. The maximum Gasteiger partial charge on any atom is 0.339 e. The number of carbonyl (C=O) groups excluding carboxylic acids is 2. The lowest BCUT2D eigenvalue weighted by atomic mass is 10.1. The Morgan fingerprint density at radius 3 is 2.68 bits per heavy atom. The first kappa shape index (κ1) is 15.5. The SMILES string of the molecule is COC(=O)c1cc(C)ccc1NC(=O)CCCCCl. The van der Waals surface area contributed by atoms with Gasteiger partial charge in [-0.05, 0) is 31.9 Å². The van der Waals surface area contributed by atoms with Gasteiger partial charge in [0.25, 0.3) is 0 Å². The van der Waals surface area contributed by atoms with Crippen LogP contribution in [0.5, 0.6) is 0 Å². The smallest absolute Gasteiger partial charge is 0.339 e. The molecule has 0 atom stereocenters. The van der Waals surface area contributed by atoms with Crippen molar-refractivity contribution in [3.8, 4) is 0 Å². The van der Waals surface area contributed by atoms with Gasteiger partial charge in [0.1, 0.15) is 0 Å². The van der Waals surface area contributed by atoms with Crippen LogP contribution in [-0.2, 0) is 9.53 Å². The van der Waals surface area contributed by atoms with Crippen molar-refractivity contribution in [3.05, 3.63) is 29.3 Å². The lowest BCUT2D eigenvalue weighted by molar-refractivity contribution is -0.116. The third kappa shape index (κ3) is 4.91. The zero-order valence-electron chi connectivity index (χ0n) is 11.2. The van der Waals surface area contributed by atoms with Crippen LogP contribution in [0.1, 0.15) is 35.2 Å². The largest absolute Gasteiger partial charge is 0.465 e. The monoisotopic (exact) mass is 283 g/mol. The molecule has 0 saturated heterocycles. The van der Waals surface area contributed by atoms with Crippen LogP contribution < -0.4 is 5.32 Å². The minimum absolute atomic E-state index is 0.126. The lowest BCUT2D eigenvalue weighted by Crippen LogP contribution is -2.15. The highest BCUT2D eigenvalue weighted by atomic mass is 35.5. The lowest BCUT2D eigenvalue weighted by Gasteiger charge is -2.10. The number of esters is 1. The molecule has 0 radical (unpaired) electrons. The number of anilines is 1. The Hall–Kier alpha value is -1.55. The molecule has 0 heterocycles. The van der Waals surface area contributed by atoms with Gasteiger partial charge in [-0.2, -0.15) is 0 Å². The number of methoxy groups -OCH3 is 1. The van der Waals surface area contributed by atoms with Crippen LogP contribution in [0.25, 0.3) is 0 Å². The Bertz CT molecular complexity index is 460. The molecule has 0 aliphatic rings. The predicted molar refractivity (Wildman–Crippen MR) is 75.7 cm³/mol. The minimum atomic E-state index is -0.459. The molecule has 19 heavy (non-hydrogen) atoms. The number of ether oxygens (including phenoxy) is 1. The molecule has 1 aromatic carbocycles. The molecular formula is C14H18ClNO3. The van der Waals surface area contributed by atoms with Crippen molar-refractivity contribution in [1.29, 1.82) is 0 Å². The number of amides is 1. The van der Waals surface area contributed by atoms with E-state index in [9.17, 15) is 9.59 Å². The molecule has 4 nitrogen and oxygen atoms in total. The number of alkyl halides is 1. The third-order valence-electron chi connectivity index (χ3n) is 2.64. The van der Waals surface area contributed by atoms with E-state index in [0.29, 0.717) is 23.6 Å². The Balaban J connectivity index is 2.77. The van der Waals surface area contributed by atoms with Crippen molar-refractivity contribution in [1.82, 2.24) is 0 Å². The summed E-state index contributed by atoms with van der Waals surface area (Å²) in [6, 6.07) is 5.24. The van der Waals surface area contributed by atoms with E-state index in [1.165, 1.54) is 7.11 Å². The molecule has 0 aromatic heterocycles. The first-order valence-corrected chi connectivity index (χ1v) is 6.66. The fraction of sp³-hybridized carbons (Fsp3) is 0.429. The van der Waals surface area contributed by atoms with E-state index in [0.717, 1.165) is 18.4 Å². The van der Waals surface area contributed by atoms with Gasteiger partial charge in [0, 0.05) is 12.3 Å². The fourth-order valence-electron chi connectivity index (χ4n) is 1.64. The summed E-state index contributed by atoms with van der Waals surface area (Å²) in [5.41, 5.74) is 1.78. The van der Waals surface area contributed by atoms with Crippen molar-refractivity contribution in [2.45, 2.75) is 26.2 Å². The van der Waals surface area contributed by atoms with Gasteiger partial charge in [-0.25, -0.2) is 4.79 Å². The molecule has 0 bridgehead atoms. The highest BCUT2D eigenvalue weighted by Gasteiger charge is 2.13. The molecule has 1 amide bonds. The maximum atomic E-state index is 11.7. The molecule has 104 valence electrons. The minimum Gasteiger partial charge on any atom is -0.465 e. The van der Waals surface area contributed by atoms with Gasteiger partial charge < -0.3 is 10.1 Å². The van der Waals surface area contributed by atoms with E-state index < -0.39 is 5.97 Å². The fourth-order valence-corrected chi connectivity index (χ4v) is 1.83. The predicted octanol–water partition coefficient (Wildman–Crippen LogP) is 3.13. The first-order valence-electron chi connectivity index (χ1n) is 6.13. The second kappa shape index (κ2) is 7.79. The van der Waals surface area contributed by atoms with Crippen molar-refractivity contribution < 1.29 is 14.3 Å². The van der Waals surface area contributed by atoms with Gasteiger partial charge in [-0.3, -0.25) is 4.79 Å². The first-order chi connectivity index (χ1) is 9.08. The van der Waals surface area contributed by atoms with E-state index >= 15 is 0 Å². The number of aryl methyl sites for hydroxylation is 1. The molecule has 1 N–H and O–H groups in total.